The molecule has 0 aromatic carbocycles. The van der Waals surface area contributed by atoms with Crippen LogP contribution in [-0.2, 0) is 4.74 Å². The molecule has 96 valence electrons. The number of hydrogen-bond donors (Lipinski definition) is 2. The lowest BCUT2D eigenvalue weighted by Crippen LogP contribution is -2.48. The zero-order chi connectivity index (χ0) is 11.8. The summed E-state index contributed by atoms with van der Waals surface area (Å²) in [5.74, 6) is 1.79. The molecule has 1 saturated carbocycles. The molecule has 4 heteroatoms. The molecule has 2 N–H and O–H groups in total. The van der Waals surface area contributed by atoms with Gasteiger partial charge in [0.1, 0.15) is 0 Å². The maximum Gasteiger partial charge on any atom is 0.191 e. The minimum Gasteiger partial charge on any atom is -0.373 e. The van der Waals surface area contributed by atoms with Gasteiger partial charge in [-0.3, -0.25) is 4.99 Å². The number of nitrogens with zero attached hydrogens (tertiary/aromatic N) is 1. The average Bonchev–Trinajstić information content (AvgIpc) is 2.75. The Balaban J connectivity index is 1.55. The molecule has 2 aliphatic heterocycles. The van der Waals surface area contributed by atoms with Gasteiger partial charge in [0.2, 0.25) is 0 Å². The molecule has 0 radical (unpaired) electrons. The third-order valence-corrected chi connectivity index (χ3v) is 4.18. The lowest BCUT2D eigenvalue weighted by atomic mass is 9.96. The van der Waals surface area contributed by atoms with Crippen LogP contribution in [0.25, 0.3) is 0 Å². The smallest absolute Gasteiger partial charge is 0.191 e. The number of ether oxygens (including phenoxy) is 1. The van der Waals surface area contributed by atoms with Crippen molar-refractivity contribution in [2.75, 3.05) is 6.54 Å². The molecule has 1 aliphatic carbocycles. The fraction of sp³-hybridized carbons (Fsp3) is 0.923. The van der Waals surface area contributed by atoms with Crippen molar-refractivity contribution in [2.24, 2.45) is 10.9 Å². The molecule has 3 aliphatic rings. The number of guanidine groups is 1. The Hall–Kier alpha value is -0.770. The Morgan fingerprint density at radius 1 is 1.24 bits per heavy atom. The predicted octanol–water partition coefficient (Wildman–Crippen LogP) is 1.27. The molecule has 3 fully saturated rings. The average molecular weight is 237 g/mol. The molecule has 5 unspecified atom stereocenters. The highest BCUT2D eigenvalue weighted by molar-refractivity contribution is 5.80. The number of fused-ring (bicyclic) bond motifs is 2. The second-order valence-electron chi connectivity index (χ2n) is 5.65. The van der Waals surface area contributed by atoms with Gasteiger partial charge in [0.25, 0.3) is 0 Å². The molecular formula is C13H23N3O. The van der Waals surface area contributed by atoms with Crippen LogP contribution in [-0.4, -0.2) is 36.8 Å². The summed E-state index contributed by atoms with van der Waals surface area (Å²) in [6.45, 7) is 5.19. The SMILES string of the molecule is CCN=C(NC1CC1C)NC1CC2CCC1O2. The standard InChI is InChI=1S/C13H23N3O/c1-3-14-13(15-10-6-8(10)2)16-11-7-9-4-5-12(11)17-9/h8-12H,3-7H2,1-2H3,(H2,14,15,16). The fourth-order valence-corrected chi connectivity index (χ4v) is 2.96. The summed E-state index contributed by atoms with van der Waals surface area (Å²) >= 11 is 0. The van der Waals surface area contributed by atoms with E-state index in [2.05, 4.69) is 29.5 Å². The van der Waals surface area contributed by atoms with E-state index in [-0.39, 0.29) is 0 Å². The van der Waals surface area contributed by atoms with Crippen LogP contribution >= 0.6 is 0 Å². The molecule has 0 aromatic heterocycles. The summed E-state index contributed by atoms with van der Waals surface area (Å²) in [5.41, 5.74) is 0. The Morgan fingerprint density at radius 3 is 2.53 bits per heavy atom. The molecule has 0 aromatic rings. The van der Waals surface area contributed by atoms with E-state index in [1.807, 2.05) is 0 Å². The zero-order valence-electron chi connectivity index (χ0n) is 10.8. The van der Waals surface area contributed by atoms with Crippen molar-refractivity contribution >= 4 is 5.96 Å². The van der Waals surface area contributed by atoms with Gasteiger partial charge in [-0.25, -0.2) is 0 Å². The van der Waals surface area contributed by atoms with Crippen LogP contribution in [0.2, 0.25) is 0 Å². The molecule has 2 bridgehead atoms. The zero-order valence-corrected chi connectivity index (χ0v) is 10.8. The number of nitrogens with one attached hydrogen (secondary N) is 2. The first kappa shape index (κ1) is 11.3. The number of hydrogen-bond acceptors (Lipinski definition) is 2. The fourth-order valence-electron chi connectivity index (χ4n) is 2.96. The highest BCUT2D eigenvalue weighted by Gasteiger charge is 2.41. The lowest BCUT2D eigenvalue weighted by molar-refractivity contribution is 0.0992. The van der Waals surface area contributed by atoms with Gasteiger partial charge in [-0.15, -0.1) is 0 Å². The van der Waals surface area contributed by atoms with Crippen molar-refractivity contribution in [2.45, 2.75) is 63.8 Å². The second kappa shape index (κ2) is 4.48. The van der Waals surface area contributed by atoms with Gasteiger partial charge >= 0.3 is 0 Å². The molecule has 3 rings (SSSR count). The third-order valence-electron chi connectivity index (χ3n) is 4.18. The Bertz CT molecular complexity index is 318. The quantitative estimate of drug-likeness (QED) is 0.574. The molecule has 17 heavy (non-hydrogen) atoms. The molecule has 5 atom stereocenters. The van der Waals surface area contributed by atoms with Gasteiger partial charge in [0.05, 0.1) is 18.2 Å². The summed E-state index contributed by atoms with van der Waals surface area (Å²) in [5, 5.41) is 7.07. The first-order chi connectivity index (χ1) is 8.26. The maximum absolute atomic E-state index is 5.86. The highest BCUT2D eigenvalue weighted by atomic mass is 16.5. The summed E-state index contributed by atoms with van der Waals surface area (Å²) in [4.78, 5) is 4.52. The van der Waals surface area contributed by atoms with E-state index in [4.69, 9.17) is 4.74 Å². The first-order valence-electron chi connectivity index (χ1n) is 6.99. The summed E-state index contributed by atoms with van der Waals surface area (Å²) in [6, 6.07) is 1.10. The largest absolute Gasteiger partial charge is 0.373 e. The highest BCUT2D eigenvalue weighted by Crippen LogP contribution is 2.34. The van der Waals surface area contributed by atoms with Crippen LogP contribution in [0.5, 0.6) is 0 Å². The van der Waals surface area contributed by atoms with Crippen molar-refractivity contribution in [1.82, 2.24) is 10.6 Å². The van der Waals surface area contributed by atoms with E-state index < -0.39 is 0 Å². The minimum atomic E-state index is 0.417. The summed E-state index contributed by atoms with van der Waals surface area (Å²) in [7, 11) is 0. The van der Waals surface area contributed by atoms with Gasteiger partial charge < -0.3 is 15.4 Å². The van der Waals surface area contributed by atoms with Crippen LogP contribution in [0.4, 0.5) is 0 Å². The van der Waals surface area contributed by atoms with Crippen LogP contribution in [0, 0.1) is 5.92 Å². The van der Waals surface area contributed by atoms with E-state index in [1.54, 1.807) is 0 Å². The van der Waals surface area contributed by atoms with Crippen LogP contribution in [0.15, 0.2) is 4.99 Å². The molecule has 2 heterocycles. The second-order valence-corrected chi connectivity index (χ2v) is 5.65. The summed E-state index contributed by atoms with van der Waals surface area (Å²) in [6.07, 6.45) is 5.80. The van der Waals surface area contributed by atoms with Gasteiger partial charge in [-0.05, 0) is 38.5 Å². The predicted molar refractivity (Wildman–Crippen MR) is 68.1 cm³/mol. The Kier molecular flexibility index (Phi) is 2.99. The summed E-state index contributed by atoms with van der Waals surface area (Å²) < 4.78 is 5.86. The van der Waals surface area contributed by atoms with Gasteiger partial charge in [0, 0.05) is 12.6 Å². The minimum absolute atomic E-state index is 0.417. The molecule has 2 saturated heterocycles. The monoisotopic (exact) mass is 237 g/mol. The third kappa shape index (κ3) is 2.41. The van der Waals surface area contributed by atoms with Crippen LogP contribution in [0.1, 0.15) is 39.5 Å². The van der Waals surface area contributed by atoms with Gasteiger partial charge in [0.15, 0.2) is 5.96 Å². The van der Waals surface area contributed by atoms with Crippen molar-refractivity contribution in [3.05, 3.63) is 0 Å². The molecule has 0 amide bonds. The first-order valence-corrected chi connectivity index (χ1v) is 6.99. The van der Waals surface area contributed by atoms with E-state index in [0.29, 0.717) is 24.3 Å². The maximum atomic E-state index is 5.86. The number of aliphatic imine (C=N–C) groups is 1. The lowest BCUT2D eigenvalue weighted by Gasteiger charge is -2.23. The van der Waals surface area contributed by atoms with E-state index in [0.717, 1.165) is 24.8 Å². The molecule has 0 spiro atoms. The van der Waals surface area contributed by atoms with Gasteiger partial charge in [-0.1, -0.05) is 6.92 Å². The van der Waals surface area contributed by atoms with Crippen LogP contribution < -0.4 is 10.6 Å². The van der Waals surface area contributed by atoms with E-state index >= 15 is 0 Å². The number of rotatable bonds is 3. The van der Waals surface area contributed by atoms with Crippen molar-refractivity contribution in [3.63, 3.8) is 0 Å². The van der Waals surface area contributed by atoms with Crippen molar-refractivity contribution in [1.29, 1.82) is 0 Å². The van der Waals surface area contributed by atoms with Crippen molar-refractivity contribution < 1.29 is 4.74 Å². The van der Waals surface area contributed by atoms with Gasteiger partial charge in [-0.2, -0.15) is 0 Å². The Labute approximate surface area is 103 Å². The van der Waals surface area contributed by atoms with Crippen LogP contribution in [0.3, 0.4) is 0 Å². The van der Waals surface area contributed by atoms with Crippen molar-refractivity contribution in [3.8, 4) is 0 Å². The molecular weight excluding hydrogens is 214 g/mol. The topological polar surface area (TPSA) is 45.7 Å². The molecule has 4 nitrogen and oxygen atoms in total. The van der Waals surface area contributed by atoms with E-state index in [9.17, 15) is 0 Å². The normalized spacial score (nSPS) is 43.9. The Morgan fingerprint density at radius 2 is 2.00 bits per heavy atom. The van der Waals surface area contributed by atoms with E-state index in [1.165, 1.54) is 19.3 Å².